The van der Waals surface area contributed by atoms with Crippen molar-refractivity contribution in [1.29, 1.82) is 0 Å². The topological polar surface area (TPSA) is 30.7 Å². The molecule has 21 heavy (non-hydrogen) atoms. The maximum atomic E-state index is 6.28. The fourth-order valence-electron chi connectivity index (χ4n) is 2.20. The standard InChI is InChI=1S/C15H12BrCl2N3/c1-8-3-4-11(6-12(8)16)21-14(9(2)17)20-13-5-10(18)7-19-15(13)21/h3-7,9H,1-2H3. The van der Waals surface area contributed by atoms with Gasteiger partial charge in [-0.15, -0.1) is 11.6 Å². The molecule has 0 saturated heterocycles. The van der Waals surface area contributed by atoms with Gasteiger partial charge in [0, 0.05) is 10.7 Å². The summed E-state index contributed by atoms with van der Waals surface area (Å²) in [5, 5.41) is 0.323. The van der Waals surface area contributed by atoms with E-state index in [0.29, 0.717) is 5.02 Å². The summed E-state index contributed by atoms with van der Waals surface area (Å²) in [4.78, 5) is 8.98. The number of imidazole rings is 1. The Balaban J connectivity index is 2.33. The molecule has 3 rings (SSSR count). The molecule has 0 saturated carbocycles. The van der Waals surface area contributed by atoms with Crippen LogP contribution >= 0.6 is 39.1 Å². The molecule has 0 radical (unpaired) electrons. The number of halogens is 3. The van der Waals surface area contributed by atoms with Gasteiger partial charge in [0.15, 0.2) is 5.65 Å². The summed E-state index contributed by atoms with van der Waals surface area (Å²) in [7, 11) is 0. The van der Waals surface area contributed by atoms with Gasteiger partial charge in [0.25, 0.3) is 0 Å². The lowest BCUT2D eigenvalue weighted by atomic mass is 10.2. The molecule has 0 aliphatic heterocycles. The molecule has 1 aromatic carbocycles. The van der Waals surface area contributed by atoms with Crippen LogP contribution in [0.4, 0.5) is 0 Å². The highest BCUT2D eigenvalue weighted by Gasteiger charge is 2.18. The fourth-order valence-corrected chi connectivity index (χ4v) is 2.87. The zero-order chi connectivity index (χ0) is 15.1. The third kappa shape index (κ3) is 2.68. The number of benzene rings is 1. The summed E-state index contributed by atoms with van der Waals surface area (Å²) in [6, 6.07) is 7.91. The Morgan fingerprint density at radius 3 is 2.71 bits per heavy atom. The molecule has 1 atom stereocenters. The zero-order valence-corrected chi connectivity index (χ0v) is 14.5. The molecule has 1 unspecified atom stereocenters. The van der Waals surface area contributed by atoms with Gasteiger partial charge in [-0.3, -0.25) is 4.57 Å². The van der Waals surface area contributed by atoms with Crippen LogP contribution in [0.2, 0.25) is 5.02 Å². The molecule has 0 aliphatic carbocycles. The summed E-state index contributed by atoms with van der Waals surface area (Å²) >= 11 is 15.8. The van der Waals surface area contributed by atoms with Gasteiger partial charge in [-0.05, 0) is 37.6 Å². The van der Waals surface area contributed by atoms with Crippen LogP contribution in [0.5, 0.6) is 0 Å². The van der Waals surface area contributed by atoms with Gasteiger partial charge in [-0.2, -0.15) is 0 Å². The molecular formula is C15H12BrCl2N3. The van der Waals surface area contributed by atoms with E-state index in [1.165, 1.54) is 5.56 Å². The molecule has 2 heterocycles. The predicted octanol–water partition coefficient (Wildman–Crippen LogP) is 5.44. The number of rotatable bonds is 2. The number of alkyl halides is 1. The number of pyridine rings is 1. The van der Waals surface area contributed by atoms with Crippen LogP contribution < -0.4 is 0 Å². The lowest BCUT2D eigenvalue weighted by Crippen LogP contribution is -2.03. The van der Waals surface area contributed by atoms with Crippen molar-refractivity contribution in [3.05, 3.63) is 51.3 Å². The van der Waals surface area contributed by atoms with Gasteiger partial charge in [0.2, 0.25) is 0 Å². The minimum absolute atomic E-state index is 0.238. The first kappa shape index (κ1) is 14.8. The van der Waals surface area contributed by atoms with Crippen molar-refractivity contribution >= 4 is 50.3 Å². The highest BCUT2D eigenvalue weighted by molar-refractivity contribution is 9.10. The third-order valence-corrected chi connectivity index (χ3v) is 4.52. The second kappa shape index (κ2) is 5.59. The Kier molecular flexibility index (Phi) is 3.95. The second-order valence-electron chi connectivity index (χ2n) is 4.85. The van der Waals surface area contributed by atoms with Crippen molar-refractivity contribution in [2.75, 3.05) is 0 Å². The van der Waals surface area contributed by atoms with Crippen LogP contribution in [0.1, 0.15) is 23.7 Å². The molecule has 0 aliphatic rings. The molecule has 0 amide bonds. The van der Waals surface area contributed by atoms with Crippen LogP contribution in [-0.4, -0.2) is 14.5 Å². The van der Waals surface area contributed by atoms with Crippen molar-refractivity contribution in [1.82, 2.24) is 14.5 Å². The third-order valence-electron chi connectivity index (χ3n) is 3.26. The molecule has 0 spiro atoms. The van der Waals surface area contributed by atoms with Crippen molar-refractivity contribution in [2.45, 2.75) is 19.2 Å². The van der Waals surface area contributed by atoms with Gasteiger partial charge in [-0.25, -0.2) is 9.97 Å². The summed E-state index contributed by atoms with van der Waals surface area (Å²) < 4.78 is 3.00. The SMILES string of the molecule is Cc1ccc(-n2c(C(C)Cl)nc3cc(Cl)cnc32)cc1Br. The van der Waals surface area contributed by atoms with Crippen molar-refractivity contribution in [3.63, 3.8) is 0 Å². The van der Waals surface area contributed by atoms with Gasteiger partial charge < -0.3 is 0 Å². The van der Waals surface area contributed by atoms with Crippen molar-refractivity contribution < 1.29 is 0 Å². The van der Waals surface area contributed by atoms with Gasteiger partial charge in [0.05, 0.1) is 16.1 Å². The van der Waals surface area contributed by atoms with Crippen LogP contribution in [-0.2, 0) is 0 Å². The van der Waals surface area contributed by atoms with Gasteiger partial charge in [0.1, 0.15) is 11.3 Å². The zero-order valence-electron chi connectivity index (χ0n) is 11.4. The largest absolute Gasteiger partial charge is 0.279 e. The second-order valence-corrected chi connectivity index (χ2v) is 6.80. The van der Waals surface area contributed by atoms with E-state index >= 15 is 0 Å². The summed E-state index contributed by atoms with van der Waals surface area (Å²) in [6.45, 7) is 3.94. The van der Waals surface area contributed by atoms with Gasteiger partial charge in [-0.1, -0.05) is 33.6 Å². The Bertz CT molecular complexity index is 827. The average Bonchev–Trinajstić information content (AvgIpc) is 2.80. The highest BCUT2D eigenvalue weighted by Crippen LogP contribution is 2.30. The van der Waals surface area contributed by atoms with Gasteiger partial charge >= 0.3 is 0 Å². The van der Waals surface area contributed by atoms with Crippen LogP contribution in [0, 0.1) is 6.92 Å². The summed E-state index contributed by atoms with van der Waals surface area (Å²) in [6.07, 6.45) is 1.62. The number of fused-ring (bicyclic) bond motifs is 1. The van der Waals surface area contributed by atoms with Crippen LogP contribution in [0.3, 0.4) is 0 Å². The normalized spacial score (nSPS) is 12.8. The lowest BCUT2D eigenvalue weighted by molar-refractivity contribution is 0.876. The maximum Gasteiger partial charge on any atom is 0.164 e. The van der Waals surface area contributed by atoms with Crippen molar-refractivity contribution in [2.24, 2.45) is 0 Å². The van der Waals surface area contributed by atoms with Crippen LogP contribution in [0.15, 0.2) is 34.9 Å². The van der Waals surface area contributed by atoms with E-state index < -0.39 is 0 Å². The van der Waals surface area contributed by atoms with Crippen LogP contribution in [0.25, 0.3) is 16.9 Å². The van der Waals surface area contributed by atoms with E-state index in [0.717, 1.165) is 27.1 Å². The molecule has 0 fully saturated rings. The quantitative estimate of drug-likeness (QED) is 0.550. The molecule has 0 N–H and O–H groups in total. The molecule has 0 bridgehead atoms. The maximum absolute atomic E-state index is 6.28. The Morgan fingerprint density at radius 2 is 2.05 bits per heavy atom. The minimum atomic E-state index is -0.238. The molecule has 2 aromatic heterocycles. The smallest absolute Gasteiger partial charge is 0.164 e. The van der Waals surface area contributed by atoms with E-state index in [9.17, 15) is 0 Å². The van der Waals surface area contributed by atoms with E-state index in [1.54, 1.807) is 12.3 Å². The molecule has 3 nitrogen and oxygen atoms in total. The van der Waals surface area contributed by atoms with E-state index in [1.807, 2.05) is 36.6 Å². The van der Waals surface area contributed by atoms with E-state index in [-0.39, 0.29) is 5.38 Å². The fraction of sp³-hybridized carbons (Fsp3) is 0.200. The molecule has 6 heteroatoms. The molecular weight excluding hydrogens is 373 g/mol. The van der Waals surface area contributed by atoms with Crippen molar-refractivity contribution in [3.8, 4) is 5.69 Å². The first-order chi connectivity index (χ1) is 9.97. The molecule has 3 aromatic rings. The molecule has 108 valence electrons. The van der Waals surface area contributed by atoms with E-state index in [2.05, 4.69) is 25.9 Å². The Hall–Kier alpha value is -1.10. The lowest BCUT2D eigenvalue weighted by Gasteiger charge is -2.11. The summed E-state index contributed by atoms with van der Waals surface area (Å²) in [5.41, 5.74) is 3.62. The Labute approximate surface area is 141 Å². The number of aromatic nitrogens is 3. The minimum Gasteiger partial charge on any atom is -0.279 e. The summed E-state index contributed by atoms with van der Waals surface area (Å²) in [5.74, 6) is 0.747. The first-order valence-electron chi connectivity index (χ1n) is 6.42. The average molecular weight is 385 g/mol. The Morgan fingerprint density at radius 1 is 1.29 bits per heavy atom. The monoisotopic (exact) mass is 383 g/mol. The number of hydrogen-bond donors (Lipinski definition) is 0. The number of aryl methyl sites for hydroxylation is 1. The number of hydrogen-bond acceptors (Lipinski definition) is 2. The predicted molar refractivity (Wildman–Crippen MR) is 90.6 cm³/mol. The highest BCUT2D eigenvalue weighted by atomic mass is 79.9. The van der Waals surface area contributed by atoms with E-state index in [4.69, 9.17) is 23.2 Å². The number of nitrogens with zero attached hydrogens (tertiary/aromatic N) is 3. The first-order valence-corrected chi connectivity index (χ1v) is 8.02.